The summed E-state index contributed by atoms with van der Waals surface area (Å²) in [5.41, 5.74) is 7.73. The molecule has 8 atom stereocenters. The van der Waals surface area contributed by atoms with Crippen LogP contribution in [0.5, 0.6) is 11.8 Å². The number of hydrogen-bond donors (Lipinski definition) is 2. The van der Waals surface area contributed by atoms with Gasteiger partial charge in [-0.05, 0) is 74.3 Å². The quantitative estimate of drug-likeness (QED) is 0.135. The summed E-state index contributed by atoms with van der Waals surface area (Å²) in [6.45, 7) is 11.9. The molecule has 0 spiro atoms. The van der Waals surface area contributed by atoms with Gasteiger partial charge in [0.1, 0.15) is 29.9 Å². The number of nitrogens with two attached hydrogens (primary N) is 1. The fourth-order valence-electron chi connectivity index (χ4n) is 8.80. The number of hydrogen-bond acceptors (Lipinski definition) is 8. The first kappa shape index (κ1) is 50.7. The zero-order valence-corrected chi connectivity index (χ0v) is 38.0. The zero-order chi connectivity index (χ0) is 46.7. The van der Waals surface area contributed by atoms with Crippen LogP contribution in [0, 0.1) is 11.8 Å². The number of aliphatic hydroxyl groups excluding tert-OH is 1. The maximum absolute atomic E-state index is 14.8. The van der Waals surface area contributed by atoms with Crippen molar-refractivity contribution in [3.05, 3.63) is 108 Å². The van der Waals surface area contributed by atoms with E-state index in [0.29, 0.717) is 74.8 Å². The van der Waals surface area contributed by atoms with E-state index in [1.54, 1.807) is 24.5 Å². The number of aromatic nitrogens is 4. The Morgan fingerprint density at radius 1 is 0.578 bits per heavy atom. The van der Waals surface area contributed by atoms with E-state index in [1.807, 2.05) is 102 Å². The Morgan fingerprint density at radius 2 is 0.984 bits per heavy atom. The van der Waals surface area contributed by atoms with Crippen molar-refractivity contribution in [1.82, 2.24) is 19.9 Å². The minimum atomic E-state index is -2.86. The number of aliphatic hydroxyl groups is 1. The first-order valence-electron chi connectivity index (χ1n) is 22.9. The lowest BCUT2D eigenvalue weighted by molar-refractivity contribution is -0.137. The summed E-state index contributed by atoms with van der Waals surface area (Å²) in [6, 6.07) is 21.5. The van der Waals surface area contributed by atoms with E-state index in [4.69, 9.17) is 15.2 Å². The van der Waals surface area contributed by atoms with Crippen LogP contribution in [0.25, 0.3) is 0 Å². The van der Waals surface area contributed by atoms with E-state index in [0.717, 1.165) is 11.1 Å². The van der Waals surface area contributed by atoms with Crippen molar-refractivity contribution < 1.29 is 40.9 Å². The molecule has 64 heavy (non-hydrogen) atoms. The van der Waals surface area contributed by atoms with Crippen LogP contribution in [0.3, 0.4) is 0 Å². The number of alkyl halides is 6. The first-order valence-corrected chi connectivity index (χ1v) is 22.9. The van der Waals surface area contributed by atoms with Gasteiger partial charge in [0.15, 0.2) is 0 Å². The third kappa shape index (κ3) is 14.1. The average Bonchev–Trinajstić information content (AvgIpc) is 3.26. The Balaban J connectivity index is 0.000000186. The summed E-state index contributed by atoms with van der Waals surface area (Å²) in [7, 11) is 0. The second-order valence-electron chi connectivity index (χ2n) is 18.5. The lowest BCUT2D eigenvalue weighted by Crippen LogP contribution is -2.54. The minimum absolute atomic E-state index is 0.0444. The summed E-state index contributed by atoms with van der Waals surface area (Å²) in [4.78, 5) is 17.0. The van der Waals surface area contributed by atoms with Gasteiger partial charge in [0.25, 0.3) is 17.8 Å². The van der Waals surface area contributed by atoms with Crippen LogP contribution >= 0.6 is 0 Å². The van der Waals surface area contributed by atoms with Crippen molar-refractivity contribution in [2.45, 2.75) is 178 Å². The molecule has 352 valence electrons. The summed E-state index contributed by atoms with van der Waals surface area (Å²) in [5.74, 6) is -7.60. The van der Waals surface area contributed by atoms with Crippen LogP contribution in [0.4, 0.5) is 26.3 Å². The van der Waals surface area contributed by atoms with Gasteiger partial charge in [-0.25, -0.2) is 36.3 Å². The molecule has 3 N–H and O–H groups in total. The maximum Gasteiger partial charge on any atom is 0.266 e. The number of nitrogens with zero attached hydrogens (tertiary/aromatic N) is 4. The predicted molar refractivity (Wildman–Crippen MR) is 237 cm³/mol. The molecule has 0 unspecified atom stereocenters. The van der Waals surface area contributed by atoms with Crippen LogP contribution in [0.15, 0.2) is 85.2 Å². The Kier molecular flexibility index (Phi) is 18.0. The van der Waals surface area contributed by atoms with Crippen LogP contribution in [-0.2, 0) is 0 Å². The second-order valence-corrected chi connectivity index (χ2v) is 18.5. The van der Waals surface area contributed by atoms with E-state index in [-0.39, 0.29) is 42.9 Å². The SMILES string of the molecule is CC(C)c1nccc(O[C@H]2CCCC(F)(F)[C@@H]2C[C@H](C)c2ccccc2)n1.CC(C)c1nccc(O[C@H]2CCCC(F)(F)[C@@H]2N)n1.C[C@@H](C[C@@H]1[C@@H](O)CCCC1(F)F)c1ccccc1. The molecule has 3 saturated carbocycles. The molecule has 2 heterocycles. The van der Waals surface area contributed by atoms with Crippen LogP contribution in [-0.4, -0.2) is 67.2 Å². The van der Waals surface area contributed by atoms with Gasteiger partial charge in [-0.3, -0.25) is 0 Å². The molecule has 0 radical (unpaired) electrons. The van der Waals surface area contributed by atoms with E-state index >= 15 is 0 Å². The van der Waals surface area contributed by atoms with Crippen LogP contribution < -0.4 is 15.2 Å². The molecule has 3 fully saturated rings. The second kappa shape index (κ2) is 22.7. The highest BCUT2D eigenvalue weighted by atomic mass is 19.3. The largest absolute Gasteiger partial charge is 0.474 e. The van der Waals surface area contributed by atoms with E-state index in [2.05, 4.69) is 19.9 Å². The molecule has 3 aliphatic carbocycles. The smallest absolute Gasteiger partial charge is 0.266 e. The topological polar surface area (TPSA) is 116 Å². The Bertz CT molecular complexity index is 1990. The zero-order valence-electron chi connectivity index (χ0n) is 38.0. The molecule has 14 heteroatoms. The normalized spacial score (nSPS) is 25.8. The summed E-state index contributed by atoms with van der Waals surface area (Å²) in [5, 5.41) is 9.82. The first-order chi connectivity index (χ1) is 30.3. The van der Waals surface area contributed by atoms with Crippen molar-refractivity contribution in [2.75, 3.05) is 0 Å². The molecule has 3 aliphatic rings. The lowest BCUT2D eigenvalue weighted by atomic mass is 9.76. The van der Waals surface area contributed by atoms with E-state index in [9.17, 15) is 31.4 Å². The van der Waals surface area contributed by atoms with Crippen molar-refractivity contribution in [3.63, 3.8) is 0 Å². The Morgan fingerprint density at radius 3 is 1.45 bits per heavy atom. The third-order valence-corrected chi connectivity index (χ3v) is 12.7. The fourth-order valence-corrected chi connectivity index (χ4v) is 8.80. The van der Waals surface area contributed by atoms with E-state index in [1.165, 1.54) is 0 Å². The molecule has 0 bridgehead atoms. The fraction of sp³-hybridized carbons (Fsp3) is 0.600. The highest BCUT2D eigenvalue weighted by Gasteiger charge is 2.49. The lowest BCUT2D eigenvalue weighted by Gasteiger charge is -2.39. The van der Waals surface area contributed by atoms with Gasteiger partial charge < -0.3 is 20.3 Å². The van der Waals surface area contributed by atoms with Crippen molar-refractivity contribution in [1.29, 1.82) is 0 Å². The standard InChI is InChI=1S/C22H28F2N2O.C15H20F2O.C13H19F2N3O/c1-15(2)21-25-13-11-20(26-21)27-19-10-7-12-22(23,24)18(19)14-16(3)17-8-5-4-6-9-17;1-11(12-6-3-2-4-7-12)10-13-14(18)8-5-9-15(13,16)17;1-8(2)12-17-7-5-10(18-12)19-9-4-3-6-13(14,15)11(9)16/h4-6,8-9,11,13,15-16,18-19H,7,10,12,14H2,1-3H3;2-4,6-7,11,13-14,18H,5,8-10H2,1H3;5,7-9,11H,3-4,6,16H2,1-2H3/t16-,18+,19-;11-,13+,14-;9-,11+/m000/s1. The molecule has 0 aliphatic heterocycles. The Labute approximate surface area is 375 Å². The van der Waals surface area contributed by atoms with E-state index < -0.39 is 54.0 Å². The van der Waals surface area contributed by atoms with Crippen LogP contribution in [0.2, 0.25) is 0 Å². The molecular weight excluding hydrogens is 833 g/mol. The van der Waals surface area contributed by atoms with Gasteiger partial charge in [-0.15, -0.1) is 0 Å². The molecule has 4 aromatic rings. The number of ether oxygens (including phenoxy) is 2. The number of rotatable bonds is 12. The van der Waals surface area contributed by atoms with Crippen molar-refractivity contribution >= 4 is 0 Å². The van der Waals surface area contributed by atoms with Crippen LogP contribution in [0.1, 0.15) is 159 Å². The van der Waals surface area contributed by atoms with Gasteiger partial charge in [-0.1, -0.05) is 102 Å². The monoisotopic (exact) mass is 900 g/mol. The summed E-state index contributed by atoms with van der Waals surface area (Å²) in [6.07, 6.45) is 4.49. The summed E-state index contributed by atoms with van der Waals surface area (Å²) < 4.78 is 95.8. The average molecular weight is 900 g/mol. The molecule has 8 nitrogen and oxygen atoms in total. The molecule has 0 amide bonds. The minimum Gasteiger partial charge on any atom is -0.474 e. The molecule has 7 rings (SSSR count). The van der Waals surface area contributed by atoms with Gasteiger partial charge in [0.2, 0.25) is 11.8 Å². The predicted octanol–water partition coefficient (Wildman–Crippen LogP) is 12.4. The maximum atomic E-state index is 14.8. The summed E-state index contributed by atoms with van der Waals surface area (Å²) >= 11 is 0. The van der Waals surface area contributed by atoms with Gasteiger partial charge >= 0.3 is 0 Å². The van der Waals surface area contributed by atoms with Crippen molar-refractivity contribution in [3.8, 4) is 11.8 Å². The highest BCUT2D eigenvalue weighted by Crippen LogP contribution is 2.45. The Hall–Kier alpha value is -4.30. The molecule has 2 aromatic heterocycles. The number of halogens is 6. The van der Waals surface area contributed by atoms with Crippen molar-refractivity contribution in [2.24, 2.45) is 17.6 Å². The number of benzene rings is 2. The van der Waals surface area contributed by atoms with Gasteiger partial charge in [-0.2, -0.15) is 9.97 Å². The molecular formula is C50H67F6N5O3. The van der Waals surface area contributed by atoms with Gasteiger partial charge in [0.05, 0.1) is 12.0 Å². The molecule has 2 aromatic carbocycles. The molecule has 0 saturated heterocycles. The highest BCUT2D eigenvalue weighted by molar-refractivity contribution is 5.21. The third-order valence-electron chi connectivity index (χ3n) is 12.7. The van der Waals surface area contributed by atoms with Gasteiger partial charge in [0, 0.05) is 61.5 Å².